The van der Waals surface area contributed by atoms with E-state index >= 15 is 0 Å². The van der Waals surface area contributed by atoms with E-state index in [9.17, 15) is 4.79 Å². The Bertz CT molecular complexity index is 432. The summed E-state index contributed by atoms with van der Waals surface area (Å²) in [5, 5.41) is 0.791. The van der Waals surface area contributed by atoms with Gasteiger partial charge in [0, 0.05) is 24.0 Å². The van der Waals surface area contributed by atoms with E-state index in [2.05, 4.69) is 9.36 Å². The lowest BCUT2D eigenvalue weighted by atomic mass is 10.2. The van der Waals surface area contributed by atoms with Gasteiger partial charge in [-0.1, -0.05) is 0 Å². The minimum Gasteiger partial charge on any atom is -0.377 e. The summed E-state index contributed by atoms with van der Waals surface area (Å²) in [5.41, 5.74) is 5.37. The highest BCUT2D eigenvalue weighted by Gasteiger charge is 2.33. The van der Waals surface area contributed by atoms with Crippen LogP contribution in [0.15, 0.2) is 0 Å². The lowest BCUT2D eigenvalue weighted by Gasteiger charge is -2.32. The molecule has 1 saturated heterocycles. The first-order valence-electron chi connectivity index (χ1n) is 5.73. The van der Waals surface area contributed by atoms with Crippen LogP contribution in [0.1, 0.15) is 24.6 Å². The van der Waals surface area contributed by atoms with E-state index < -0.39 is 6.04 Å². The molecule has 1 amide bonds. The lowest BCUT2D eigenvalue weighted by Crippen LogP contribution is -2.52. The molecule has 17 heavy (non-hydrogen) atoms. The highest BCUT2D eigenvalue weighted by Crippen LogP contribution is 2.40. The van der Waals surface area contributed by atoms with Crippen molar-refractivity contribution in [1.82, 2.24) is 9.36 Å². The molecule has 92 valence electrons. The van der Waals surface area contributed by atoms with Crippen molar-refractivity contribution in [3.05, 3.63) is 5.82 Å². The number of aromatic nitrogens is 2. The summed E-state index contributed by atoms with van der Waals surface area (Å²) in [6, 6.07) is -0.413. The molecule has 1 aromatic heterocycles. The second-order valence-corrected chi connectivity index (χ2v) is 5.13. The predicted molar refractivity (Wildman–Crippen MR) is 63.0 cm³/mol. The fraction of sp³-hybridized carbons (Fsp3) is 0.700. The molecule has 0 unspecified atom stereocenters. The topological polar surface area (TPSA) is 81.3 Å². The minimum absolute atomic E-state index is 0.341. The number of hydrogen-bond donors (Lipinski definition) is 1. The quantitative estimate of drug-likeness (QED) is 0.827. The number of nitrogens with two attached hydrogens (primary N) is 1. The normalized spacial score (nSPS) is 24.9. The van der Waals surface area contributed by atoms with Crippen molar-refractivity contribution >= 4 is 22.6 Å². The van der Waals surface area contributed by atoms with E-state index in [1.807, 2.05) is 4.90 Å². The van der Waals surface area contributed by atoms with Crippen LogP contribution in [-0.2, 0) is 9.53 Å². The highest BCUT2D eigenvalue weighted by atomic mass is 32.1. The van der Waals surface area contributed by atoms with Gasteiger partial charge >= 0.3 is 0 Å². The van der Waals surface area contributed by atoms with Gasteiger partial charge in [0.25, 0.3) is 0 Å². The maximum Gasteiger partial charge on any atom is 0.242 e. The average molecular weight is 254 g/mol. The van der Waals surface area contributed by atoms with Crippen molar-refractivity contribution in [2.45, 2.75) is 24.8 Å². The Morgan fingerprint density at radius 2 is 2.35 bits per heavy atom. The van der Waals surface area contributed by atoms with E-state index in [1.165, 1.54) is 24.4 Å². The van der Waals surface area contributed by atoms with E-state index in [0.29, 0.717) is 25.7 Å². The summed E-state index contributed by atoms with van der Waals surface area (Å²) < 4.78 is 9.62. The monoisotopic (exact) mass is 254 g/mol. The van der Waals surface area contributed by atoms with Gasteiger partial charge in [0.15, 0.2) is 0 Å². The summed E-state index contributed by atoms with van der Waals surface area (Å²) >= 11 is 1.35. The second kappa shape index (κ2) is 4.23. The van der Waals surface area contributed by atoms with Gasteiger partial charge in [-0.25, -0.2) is 4.98 Å². The van der Waals surface area contributed by atoms with Crippen LogP contribution in [0.4, 0.5) is 5.13 Å². The molecule has 1 atom stereocenters. The van der Waals surface area contributed by atoms with Crippen molar-refractivity contribution in [3.8, 4) is 0 Å². The lowest BCUT2D eigenvalue weighted by molar-refractivity contribution is -0.121. The summed E-state index contributed by atoms with van der Waals surface area (Å²) in [5.74, 6) is 1.08. The van der Waals surface area contributed by atoms with Gasteiger partial charge < -0.3 is 15.4 Å². The molecule has 7 heteroatoms. The number of hydrogen-bond acceptors (Lipinski definition) is 6. The number of rotatable bonds is 3. The van der Waals surface area contributed by atoms with Gasteiger partial charge in [-0.05, 0) is 12.8 Å². The van der Waals surface area contributed by atoms with Crippen LogP contribution in [0.2, 0.25) is 0 Å². The zero-order valence-corrected chi connectivity index (χ0v) is 10.2. The third-order valence-corrected chi connectivity index (χ3v) is 3.84. The summed E-state index contributed by atoms with van der Waals surface area (Å²) in [6.07, 6.45) is 2.36. The fourth-order valence-electron chi connectivity index (χ4n) is 1.92. The molecule has 1 aliphatic heterocycles. The molecule has 2 aliphatic rings. The zero-order valence-electron chi connectivity index (χ0n) is 9.33. The molecule has 0 aromatic carbocycles. The number of carbonyl (C=O) groups is 1. The van der Waals surface area contributed by atoms with Crippen LogP contribution in [0.3, 0.4) is 0 Å². The van der Waals surface area contributed by atoms with Crippen molar-refractivity contribution in [1.29, 1.82) is 0 Å². The third kappa shape index (κ3) is 2.12. The Hall–Kier alpha value is -1.21. The first-order valence-corrected chi connectivity index (χ1v) is 6.50. The van der Waals surface area contributed by atoms with Gasteiger partial charge in [-0.2, -0.15) is 4.37 Å². The SMILES string of the molecule is NC(=O)[C@@H]1COCCN1c1nc(C2CC2)ns1. The van der Waals surface area contributed by atoms with Gasteiger partial charge in [-0.15, -0.1) is 0 Å². The number of primary amides is 1. The second-order valence-electron chi connectivity index (χ2n) is 4.40. The van der Waals surface area contributed by atoms with E-state index in [0.717, 1.165) is 11.0 Å². The number of anilines is 1. The number of ether oxygens (including phenoxy) is 1. The Kier molecular flexibility index (Phi) is 2.71. The average Bonchev–Trinajstić information content (AvgIpc) is 3.07. The molecule has 2 fully saturated rings. The fourth-order valence-corrected chi connectivity index (χ4v) is 2.74. The van der Waals surface area contributed by atoms with E-state index in [-0.39, 0.29) is 5.91 Å². The van der Waals surface area contributed by atoms with Crippen LogP contribution >= 0.6 is 11.5 Å². The molecule has 6 nitrogen and oxygen atoms in total. The number of nitrogens with zero attached hydrogens (tertiary/aromatic N) is 3. The Morgan fingerprint density at radius 3 is 3.06 bits per heavy atom. The maximum absolute atomic E-state index is 11.3. The Labute approximate surface area is 103 Å². The van der Waals surface area contributed by atoms with Crippen molar-refractivity contribution < 1.29 is 9.53 Å². The Balaban J connectivity index is 1.81. The highest BCUT2D eigenvalue weighted by molar-refractivity contribution is 7.09. The first kappa shape index (κ1) is 10.9. The largest absolute Gasteiger partial charge is 0.377 e. The zero-order chi connectivity index (χ0) is 11.8. The predicted octanol–water partition coefficient (Wildman–Crippen LogP) is 0.106. The molecule has 0 spiro atoms. The van der Waals surface area contributed by atoms with Gasteiger partial charge in [0.2, 0.25) is 11.0 Å². The summed E-state index contributed by atoms with van der Waals surface area (Å²) in [7, 11) is 0. The van der Waals surface area contributed by atoms with Crippen LogP contribution < -0.4 is 10.6 Å². The van der Waals surface area contributed by atoms with Crippen LogP contribution in [0, 0.1) is 0 Å². The Morgan fingerprint density at radius 1 is 1.53 bits per heavy atom. The van der Waals surface area contributed by atoms with E-state index in [1.54, 1.807) is 0 Å². The molecule has 1 saturated carbocycles. The van der Waals surface area contributed by atoms with Gasteiger partial charge in [-0.3, -0.25) is 4.79 Å². The maximum atomic E-state index is 11.3. The molecule has 3 rings (SSSR count). The minimum atomic E-state index is -0.413. The van der Waals surface area contributed by atoms with E-state index in [4.69, 9.17) is 10.5 Å². The van der Waals surface area contributed by atoms with Gasteiger partial charge in [0.1, 0.15) is 11.9 Å². The van der Waals surface area contributed by atoms with Gasteiger partial charge in [0.05, 0.1) is 13.2 Å². The molecule has 1 aromatic rings. The molecule has 1 aliphatic carbocycles. The number of carbonyl (C=O) groups excluding carboxylic acids is 1. The van der Waals surface area contributed by atoms with Crippen LogP contribution in [0.5, 0.6) is 0 Å². The molecule has 2 heterocycles. The molecule has 0 radical (unpaired) electrons. The third-order valence-electron chi connectivity index (χ3n) is 3.08. The summed E-state index contributed by atoms with van der Waals surface area (Å²) in [6.45, 7) is 1.59. The molecule has 2 N–H and O–H groups in total. The standard InChI is InChI=1S/C10H14N4O2S/c11-8(15)7-5-16-4-3-14(7)10-12-9(13-17-10)6-1-2-6/h6-7H,1-5H2,(H2,11,15)/t7-/m0/s1. The number of amides is 1. The van der Waals surface area contributed by atoms with Crippen molar-refractivity contribution in [2.24, 2.45) is 5.73 Å². The molecule has 0 bridgehead atoms. The smallest absolute Gasteiger partial charge is 0.242 e. The molecular formula is C10H14N4O2S. The van der Waals surface area contributed by atoms with Crippen molar-refractivity contribution in [2.75, 3.05) is 24.7 Å². The summed E-state index contributed by atoms with van der Waals surface area (Å²) in [4.78, 5) is 17.8. The van der Waals surface area contributed by atoms with Crippen molar-refractivity contribution in [3.63, 3.8) is 0 Å². The molecular weight excluding hydrogens is 240 g/mol. The number of morpholine rings is 1. The van der Waals surface area contributed by atoms with Crippen LogP contribution in [0.25, 0.3) is 0 Å². The van der Waals surface area contributed by atoms with Crippen LogP contribution in [-0.4, -0.2) is 41.1 Å². The first-order chi connectivity index (χ1) is 8.25.